The summed E-state index contributed by atoms with van der Waals surface area (Å²) < 4.78 is 0. The summed E-state index contributed by atoms with van der Waals surface area (Å²) >= 11 is 0. The molecule has 30 heavy (non-hydrogen) atoms. The molecule has 0 bridgehead atoms. The van der Waals surface area contributed by atoms with Gasteiger partial charge >= 0.3 is 0 Å². The third-order valence-electron chi connectivity index (χ3n) is 5.20. The van der Waals surface area contributed by atoms with Gasteiger partial charge in [0, 0.05) is 39.3 Å². The molecule has 6 nitrogen and oxygen atoms in total. The number of nitrogens with zero attached hydrogens (tertiary/aromatic N) is 2. The number of carbonyl (C=O) groups excluding carboxylic acids is 2. The van der Waals surface area contributed by atoms with Crippen LogP contribution in [0.2, 0.25) is 0 Å². The predicted molar refractivity (Wildman–Crippen MR) is 120 cm³/mol. The van der Waals surface area contributed by atoms with E-state index in [-0.39, 0.29) is 11.8 Å². The van der Waals surface area contributed by atoms with Crippen molar-refractivity contribution in [3.8, 4) is 0 Å². The molecule has 0 radical (unpaired) electrons. The van der Waals surface area contributed by atoms with Gasteiger partial charge in [-0.05, 0) is 23.6 Å². The third-order valence-corrected chi connectivity index (χ3v) is 5.20. The van der Waals surface area contributed by atoms with E-state index in [0.29, 0.717) is 30.3 Å². The second-order valence-corrected chi connectivity index (χ2v) is 8.24. The van der Waals surface area contributed by atoms with E-state index >= 15 is 0 Å². The van der Waals surface area contributed by atoms with Crippen LogP contribution in [0.5, 0.6) is 0 Å². The van der Waals surface area contributed by atoms with Crippen molar-refractivity contribution in [3.63, 3.8) is 0 Å². The SMILES string of the molecule is CC(C)CNC(=O)c1ccccc1NC(=O)CN1CCN(Cc2ccccc2)CC1. The van der Waals surface area contributed by atoms with Crippen LogP contribution < -0.4 is 10.6 Å². The van der Waals surface area contributed by atoms with Gasteiger partial charge in [-0.2, -0.15) is 0 Å². The van der Waals surface area contributed by atoms with Crippen molar-refractivity contribution in [2.45, 2.75) is 20.4 Å². The van der Waals surface area contributed by atoms with Gasteiger partial charge in [0.1, 0.15) is 0 Å². The van der Waals surface area contributed by atoms with Crippen molar-refractivity contribution in [2.24, 2.45) is 5.92 Å². The third kappa shape index (κ3) is 6.68. The Hall–Kier alpha value is -2.70. The minimum atomic E-state index is -0.158. The zero-order chi connectivity index (χ0) is 21.3. The van der Waals surface area contributed by atoms with E-state index in [0.717, 1.165) is 32.7 Å². The molecule has 2 aromatic rings. The number of piperazine rings is 1. The van der Waals surface area contributed by atoms with Crippen molar-refractivity contribution < 1.29 is 9.59 Å². The van der Waals surface area contributed by atoms with Crippen molar-refractivity contribution in [2.75, 3.05) is 44.6 Å². The number of para-hydroxylation sites is 1. The van der Waals surface area contributed by atoms with Crippen LogP contribution >= 0.6 is 0 Å². The summed E-state index contributed by atoms with van der Waals surface area (Å²) in [6, 6.07) is 17.6. The highest BCUT2D eigenvalue weighted by molar-refractivity contribution is 6.04. The average molecular weight is 409 g/mol. The lowest BCUT2D eigenvalue weighted by atomic mass is 10.1. The molecular weight excluding hydrogens is 376 g/mol. The van der Waals surface area contributed by atoms with E-state index in [1.54, 1.807) is 12.1 Å². The Morgan fingerprint density at radius 3 is 2.23 bits per heavy atom. The number of hydrogen-bond donors (Lipinski definition) is 2. The van der Waals surface area contributed by atoms with Crippen LogP contribution in [0.1, 0.15) is 29.8 Å². The molecule has 160 valence electrons. The number of amides is 2. The standard InChI is InChI=1S/C24H32N4O2/c1-19(2)16-25-24(30)21-10-6-7-11-22(21)26-23(29)18-28-14-12-27(13-15-28)17-20-8-4-3-5-9-20/h3-11,19H,12-18H2,1-2H3,(H,25,30)(H,26,29). The fourth-order valence-electron chi connectivity index (χ4n) is 3.52. The summed E-state index contributed by atoms with van der Waals surface area (Å²) in [4.78, 5) is 29.6. The van der Waals surface area contributed by atoms with E-state index in [1.165, 1.54) is 5.56 Å². The molecule has 2 N–H and O–H groups in total. The first-order valence-electron chi connectivity index (χ1n) is 10.7. The average Bonchev–Trinajstić information content (AvgIpc) is 2.74. The Bertz CT molecular complexity index is 830. The highest BCUT2D eigenvalue weighted by atomic mass is 16.2. The Kier molecular flexibility index (Phi) is 7.99. The molecule has 3 rings (SSSR count). The van der Waals surface area contributed by atoms with E-state index in [1.807, 2.05) is 32.0 Å². The van der Waals surface area contributed by atoms with E-state index in [2.05, 4.69) is 44.7 Å². The van der Waals surface area contributed by atoms with Gasteiger partial charge in [0.15, 0.2) is 0 Å². The van der Waals surface area contributed by atoms with Crippen LogP contribution in [0.25, 0.3) is 0 Å². The van der Waals surface area contributed by atoms with Gasteiger partial charge in [0.05, 0.1) is 17.8 Å². The number of nitrogens with one attached hydrogen (secondary N) is 2. The number of rotatable bonds is 8. The molecule has 0 unspecified atom stereocenters. The summed E-state index contributed by atoms with van der Waals surface area (Å²) in [6.07, 6.45) is 0. The predicted octanol–water partition coefficient (Wildman–Crippen LogP) is 2.83. The van der Waals surface area contributed by atoms with Crippen molar-refractivity contribution >= 4 is 17.5 Å². The molecule has 0 atom stereocenters. The molecule has 0 spiro atoms. The molecule has 2 amide bonds. The minimum absolute atomic E-state index is 0.0874. The largest absolute Gasteiger partial charge is 0.352 e. The molecule has 1 aliphatic heterocycles. The van der Waals surface area contributed by atoms with Gasteiger partial charge in [-0.15, -0.1) is 0 Å². The number of hydrogen-bond acceptors (Lipinski definition) is 4. The maximum absolute atomic E-state index is 12.6. The number of anilines is 1. The molecule has 0 saturated carbocycles. The highest BCUT2D eigenvalue weighted by Crippen LogP contribution is 2.15. The lowest BCUT2D eigenvalue weighted by molar-refractivity contribution is -0.117. The van der Waals surface area contributed by atoms with Crippen LogP contribution in [0.15, 0.2) is 54.6 Å². The smallest absolute Gasteiger partial charge is 0.253 e. The Morgan fingerprint density at radius 1 is 0.900 bits per heavy atom. The lowest BCUT2D eigenvalue weighted by Crippen LogP contribution is -2.48. The van der Waals surface area contributed by atoms with Crippen molar-refractivity contribution in [1.29, 1.82) is 0 Å². The molecule has 6 heteroatoms. The van der Waals surface area contributed by atoms with E-state index < -0.39 is 0 Å². The minimum Gasteiger partial charge on any atom is -0.352 e. The van der Waals surface area contributed by atoms with Crippen LogP contribution in [-0.2, 0) is 11.3 Å². The quantitative estimate of drug-likeness (QED) is 0.705. The molecular formula is C24H32N4O2. The maximum Gasteiger partial charge on any atom is 0.253 e. The summed E-state index contributed by atoms with van der Waals surface area (Å²) in [5, 5.41) is 5.83. The van der Waals surface area contributed by atoms with E-state index in [4.69, 9.17) is 0 Å². The fourth-order valence-corrected chi connectivity index (χ4v) is 3.52. The van der Waals surface area contributed by atoms with Gasteiger partial charge in [-0.25, -0.2) is 0 Å². The van der Waals surface area contributed by atoms with Gasteiger partial charge < -0.3 is 10.6 Å². The van der Waals surface area contributed by atoms with Gasteiger partial charge in [0.2, 0.25) is 5.91 Å². The Balaban J connectivity index is 1.48. The van der Waals surface area contributed by atoms with Crippen LogP contribution in [0, 0.1) is 5.92 Å². The van der Waals surface area contributed by atoms with Crippen LogP contribution in [0.4, 0.5) is 5.69 Å². The summed E-state index contributed by atoms with van der Waals surface area (Å²) in [7, 11) is 0. The molecule has 1 fully saturated rings. The molecule has 0 aromatic heterocycles. The molecule has 2 aromatic carbocycles. The van der Waals surface area contributed by atoms with Gasteiger partial charge in [-0.1, -0.05) is 56.3 Å². The summed E-state index contributed by atoms with van der Waals surface area (Å²) in [5.41, 5.74) is 2.38. The van der Waals surface area contributed by atoms with Gasteiger partial charge in [0.25, 0.3) is 5.91 Å². The zero-order valence-corrected chi connectivity index (χ0v) is 17.9. The first kappa shape index (κ1) is 22.0. The van der Waals surface area contributed by atoms with Crippen LogP contribution in [-0.4, -0.2) is 60.9 Å². The monoisotopic (exact) mass is 408 g/mol. The second kappa shape index (κ2) is 10.9. The molecule has 1 saturated heterocycles. The van der Waals surface area contributed by atoms with E-state index in [9.17, 15) is 9.59 Å². The second-order valence-electron chi connectivity index (χ2n) is 8.24. The normalized spacial score (nSPS) is 15.2. The molecule has 0 aliphatic carbocycles. The topological polar surface area (TPSA) is 64.7 Å². The fraction of sp³-hybridized carbons (Fsp3) is 0.417. The Labute approximate surface area is 179 Å². The maximum atomic E-state index is 12.6. The summed E-state index contributed by atoms with van der Waals surface area (Å²) in [6.45, 7) is 9.58. The first-order valence-corrected chi connectivity index (χ1v) is 10.7. The van der Waals surface area contributed by atoms with Crippen molar-refractivity contribution in [1.82, 2.24) is 15.1 Å². The highest BCUT2D eigenvalue weighted by Gasteiger charge is 2.20. The Morgan fingerprint density at radius 2 is 1.53 bits per heavy atom. The zero-order valence-electron chi connectivity index (χ0n) is 17.9. The van der Waals surface area contributed by atoms with Gasteiger partial charge in [-0.3, -0.25) is 19.4 Å². The van der Waals surface area contributed by atoms with Crippen LogP contribution in [0.3, 0.4) is 0 Å². The lowest BCUT2D eigenvalue weighted by Gasteiger charge is -2.34. The number of carbonyl (C=O) groups is 2. The summed E-state index contributed by atoms with van der Waals surface area (Å²) in [5.74, 6) is 0.126. The first-order chi connectivity index (χ1) is 14.5. The molecule has 1 aliphatic rings. The van der Waals surface area contributed by atoms with Crippen molar-refractivity contribution in [3.05, 3.63) is 65.7 Å². The number of benzene rings is 2. The molecule has 1 heterocycles.